The highest BCUT2D eigenvalue weighted by molar-refractivity contribution is 5.66. The smallest absolute Gasteiger partial charge is 0.303 e. The SMILES string of the molecule is CC(=O)O[C@H](CN1CCC(CCOC(c2ccccc2)c2ccccc2)C(O)C1)c1ccc(F)cc1. The van der Waals surface area contributed by atoms with Crippen molar-refractivity contribution in [1.29, 1.82) is 0 Å². The average molecular weight is 492 g/mol. The molecule has 0 aliphatic carbocycles. The number of ether oxygens (including phenoxy) is 2. The number of rotatable bonds is 10. The minimum atomic E-state index is -0.507. The van der Waals surface area contributed by atoms with E-state index in [1.165, 1.54) is 19.1 Å². The van der Waals surface area contributed by atoms with Crippen LogP contribution in [0.15, 0.2) is 84.9 Å². The monoisotopic (exact) mass is 491 g/mol. The Morgan fingerprint density at radius 1 is 0.972 bits per heavy atom. The first-order valence-corrected chi connectivity index (χ1v) is 12.5. The maximum atomic E-state index is 13.3. The third-order valence-corrected chi connectivity index (χ3v) is 6.76. The normalized spacial score (nSPS) is 19.2. The van der Waals surface area contributed by atoms with Crippen molar-refractivity contribution >= 4 is 5.97 Å². The maximum Gasteiger partial charge on any atom is 0.303 e. The Morgan fingerprint density at radius 3 is 2.14 bits per heavy atom. The molecule has 3 atom stereocenters. The number of piperidine rings is 1. The molecule has 190 valence electrons. The molecule has 0 aromatic heterocycles. The Balaban J connectivity index is 1.31. The van der Waals surface area contributed by atoms with Crippen LogP contribution in [-0.2, 0) is 14.3 Å². The highest BCUT2D eigenvalue weighted by Gasteiger charge is 2.30. The van der Waals surface area contributed by atoms with Crippen molar-refractivity contribution in [2.45, 2.75) is 38.1 Å². The summed E-state index contributed by atoms with van der Waals surface area (Å²) in [5, 5.41) is 10.9. The summed E-state index contributed by atoms with van der Waals surface area (Å²) in [5.74, 6) is -0.588. The van der Waals surface area contributed by atoms with Gasteiger partial charge in [-0.25, -0.2) is 4.39 Å². The van der Waals surface area contributed by atoms with Gasteiger partial charge in [0.2, 0.25) is 0 Å². The molecule has 1 aliphatic rings. The molecular formula is C30H34FNO4. The zero-order valence-electron chi connectivity index (χ0n) is 20.6. The highest BCUT2D eigenvalue weighted by atomic mass is 19.1. The number of hydrogen-bond donors (Lipinski definition) is 1. The van der Waals surface area contributed by atoms with Gasteiger partial charge < -0.3 is 14.6 Å². The van der Waals surface area contributed by atoms with Gasteiger partial charge in [-0.05, 0) is 54.1 Å². The summed E-state index contributed by atoms with van der Waals surface area (Å²) in [4.78, 5) is 13.8. The van der Waals surface area contributed by atoms with E-state index in [1.54, 1.807) is 12.1 Å². The van der Waals surface area contributed by atoms with Crippen molar-refractivity contribution in [2.24, 2.45) is 5.92 Å². The Labute approximate surface area is 212 Å². The zero-order chi connectivity index (χ0) is 25.3. The van der Waals surface area contributed by atoms with Crippen molar-refractivity contribution in [2.75, 3.05) is 26.2 Å². The van der Waals surface area contributed by atoms with Gasteiger partial charge in [0.05, 0.1) is 6.10 Å². The lowest BCUT2D eigenvalue weighted by molar-refractivity contribution is -0.148. The van der Waals surface area contributed by atoms with Gasteiger partial charge in [0.15, 0.2) is 0 Å². The molecule has 6 heteroatoms. The lowest BCUT2D eigenvalue weighted by Gasteiger charge is -2.37. The number of hydrogen-bond acceptors (Lipinski definition) is 5. The van der Waals surface area contributed by atoms with Crippen LogP contribution >= 0.6 is 0 Å². The van der Waals surface area contributed by atoms with Crippen molar-refractivity contribution < 1.29 is 23.8 Å². The predicted octanol–water partition coefficient (Wildman–Crippen LogP) is 5.31. The largest absolute Gasteiger partial charge is 0.456 e. The first-order chi connectivity index (χ1) is 17.5. The zero-order valence-corrected chi connectivity index (χ0v) is 20.6. The fourth-order valence-electron chi connectivity index (χ4n) is 4.85. The number of benzene rings is 3. The van der Waals surface area contributed by atoms with Gasteiger partial charge in [-0.1, -0.05) is 72.8 Å². The molecule has 4 rings (SSSR count). The molecule has 1 fully saturated rings. The molecular weight excluding hydrogens is 457 g/mol. The summed E-state index contributed by atoms with van der Waals surface area (Å²) in [5.41, 5.74) is 2.96. The Hall–Kier alpha value is -3.06. The molecule has 1 N–H and O–H groups in total. The number of β-amino-alcohol motifs (C(OH)–C–C–N with tert-alkyl or cyclic N) is 1. The minimum Gasteiger partial charge on any atom is -0.456 e. The third-order valence-electron chi connectivity index (χ3n) is 6.76. The molecule has 0 radical (unpaired) electrons. The summed E-state index contributed by atoms with van der Waals surface area (Å²) in [7, 11) is 0. The summed E-state index contributed by atoms with van der Waals surface area (Å²) < 4.78 is 25.2. The Kier molecular flexibility index (Phi) is 9.23. The molecule has 0 saturated carbocycles. The summed E-state index contributed by atoms with van der Waals surface area (Å²) in [6.45, 7) is 3.64. The Bertz CT molecular complexity index is 1040. The molecule has 1 heterocycles. The minimum absolute atomic E-state index is 0.131. The Morgan fingerprint density at radius 2 is 1.58 bits per heavy atom. The van der Waals surface area contributed by atoms with E-state index in [2.05, 4.69) is 29.2 Å². The number of aliphatic hydroxyl groups is 1. The first kappa shape index (κ1) is 26.0. The molecule has 0 spiro atoms. The molecule has 0 bridgehead atoms. The van der Waals surface area contributed by atoms with E-state index >= 15 is 0 Å². The van der Waals surface area contributed by atoms with Crippen molar-refractivity contribution in [1.82, 2.24) is 4.90 Å². The van der Waals surface area contributed by atoms with E-state index in [4.69, 9.17) is 9.47 Å². The van der Waals surface area contributed by atoms with Crippen molar-refractivity contribution in [3.05, 3.63) is 107 Å². The molecule has 0 amide bonds. The number of likely N-dealkylation sites (tertiary alicyclic amines) is 1. The van der Waals surface area contributed by atoms with E-state index in [0.717, 1.165) is 36.1 Å². The van der Waals surface area contributed by atoms with Crippen LogP contribution in [0, 0.1) is 11.7 Å². The standard InChI is InChI=1S/C30H34FNO4/c1-22(33)36-29(24-12-14-27(31)15-13-24)21-32-18-16-23(28(34)20-32)17-19-35-30(25-8-4-2-5-9-25)26-10-6-3-7-11-26/h2-15,23,28-30,34H,16-21H2,1H3/t23?,28?,29-/m1/s1. The van der Waals surface area contributed by atoms with Gasteiger partial charge in [-0.2, -0.15) is 0 Å². The van der Waals surface area contributed by atoms with Gasteiger partial charge in [0, 0.05) is 26.6 Å². The van der Waals surface area contributed by atoms with Crippen LogP contribution in [0.4, 0.5) is 4.39 Å². The van der Waals surface area contributed by atoms with Crippen LogP contribution in [-0.4, -0.2) is 48.3 Å². The number of nitrogens with zero attached hydrogens (tertiary/aromatic N) is 1. The van der Waals surface area contributed by atoms with Crippen LogP contribution in [0.2, 0.25) is 0 Å². The highest BCUT2D eigenvalue weighted by Crippen LogP contribution is 2.29. The van der Waals surface area contributed by atoms with Gasteiger partial charge in [0.25, 0.3) is 0 Å². The number of aliphatic hydroxyl groups excluding tert-OH is 1. The second kappa shape index (κ2) is 12.8. The summed E-state index contributed by atoms with van der Waals surface area (Å²) >= 11 is 0. The van der Waals surface area contributed by atoms with Crippen LogP contribution in [0.3, 0.4) is 0 Å². The number of carbonyl (C=O) groups is 1. The molecule has 3 aromatic rings. The van der Waals surface area contributed by atoms with Crippen molar-refractivity contribution in [3.63, 3.8) is 0 Å². The third kappa shape index (κ3) is 7.23. The van der Waals surface area contributed by atoms with Crippen LogP contribution in [0.1, 0.15) is 48.7 Å². The maximum absolute atomic E-state index is 13.3. The fourth-order valence-corrected chi connectivity index (χ4v) is 4.85. The molecule has 5 nitrogen and oxygen atoms in total. The average Bonchev–Trinajstić information content (AvgIpc) is 2.88. The fraction of sp³-hybridized carbons (Fsp3) is 0.367. The molecule has 1 saturated heterocycles. The lowest BCUT2D eigenvalue weighted by Crippen LogP contribution is -2.45. The van der Waals surface area contributed by atoms with E-state index in [9.17, 15) is 14.3 Å². The lowest BCUT2D eigenvalue weighted by atomic mass is 9.90. The number of esters is 1. The molecule has 36 heavy (non-hydrogen) atoms. The molecule has 2 unspecified atom stereocenters. The van der Waals surface area contributed by atoms with Crippen LogP contribution < -0.4 is 0 Å². The predicted molar refractivity (Wildman–Crippen MR) is 137 cm³/mol. The van der Waals surface area contributed by atoms with E-state index < -0.39 is 12.2 Å². The second-order valence-corrected chi connectivity index (χ2v) is 9.39. The summed E-state index contributed by atoms with van der Waals surface area (Å²) in [6, 6.07) is 26.4. The van der Waals surface area contributed by atoms with Crippen LogP contribution in [0.25, 0.3) is 0 Å². The quantitative estimate of drug-likeness (QED) is 0.390. The van der Waals surface area contributed by atoms with E-state index in [-0.39, 0.29) is 23.8 Å². The first-order valence-electron chi connectivity index (χ1n) is 12.5. The van der Waals surface area contributed by atoms with Gasteiger partial charge in [0.1, 0.15) is 18.0 Å². The van der Waals surface area contributed by atoms with E-state index in [0.29, 0.717) is 19.7 Å². The van der Waals surface area contributed by atoms with Gasteiger partial charge in [-0.15, -0.1) is 0 Å². The second-order valence-electron chi connectivity index (χ2n) is 9.39. The van der Waals surface area contributed by atoms with Gasteiger partial charge in [-0.3, -0.25) is 9.69 Å². The molecule has 1 aliphatic heterocycles. The van der Waals surface area contributed by atoms with E-state index in [1.807, 2.05) is 36.4 Å². The molecule has 3 aromatic carbocycles. The number of carbonyl (C=O) groups excluding carboxylic acids is 1. The topological polar surface area (TPSA) is 59.0 Å². The van der Waals surface area contributed by atoms with Crippen LogP contribution in [0.5, 0.6) is 0 Å². The van der Waals surface area contributed by atoms with Gasteiger partial charge >= 0.3 is 5.97 Å². The summed E-state index contributed by atoms with van der Waals surface area (Å²) in [6.07, 6.45) is 0.427. The van der Waals surface area contributed by atoms with Crippen molar-refractivity contribution in [3.8, 4) is 0 Å². The number of halogens is 1.